The van der Waals surface area contributed by atoms with Crippen LogP contribution in [0.3, 0.4) is 0 Å². The molecule has 2 aromatic heterocycles. The Labute approximate surface area is 198 Å². The van der Waals surface area contributed by atoms with Gasteiger partial charge in [0.1, 0.15) is 18.0 Å². The number of morpholine rings is 1. The molecule has 1 saturated heterocycles. The van der Waals surface area contributed by atoms with Crippen molar-refractivity contribution in [3.63, 3.8) is 0 Å². The SMILES string of the molecule is O=C1c2c(O)c(=O)ccn2N(C2c3ccccc3Cn3ccc4c(F)ccc2c43)C2COCCN12. The van der Waals surface area contributed by atoms with E-state index in [9.17, 15) is 19.1 Å². The number of hydrogen-bond donors (Lipinski definition) is 1. The summed E-state index contributed by atoms with van der Waals surface area (Å²) in [6.07, 6.45) is 2.92. The maximum absolute atomic E-state index is 14.9. The zero-order valence-corrected chi connectivity index (χ0v) is 18.6. The summed E-state index contributed by atoms with van der Waals surface area (Å²) in [5, 5.41) is 13.2. The molecule has 0 bridgehead atoms. The van der Waals surface area contributed by atoms with E-state index < -0.39 is 29.3 Å². The van der Waals surface area contributed by atoms with Crippen molar-refractivity contribution in [2.24, 2.45) is 0 Å². The molecule has 2 unspecified atom stereocenters. The van der Waals surface area contributed by atoms with Crippen molar-refractivity contribution in [2.75, 3.05) is 24.8 Å². The number of fused-ring (bicyclic) bond motifs is 3. The van der Waals surface area contributed by atoms with E-state index in [1.807, 2.05) is 40.0 Å². The molecule has 4 aromatic rings. The van der Waals surface area contributed by atoms with Gasteiger partial charge < -0.3 is 19.3 Å². The van der Waals surface area contributed by atoms with Gasteiger partial charge in [0.15, 0.2) is 11.4 Å². The number of ether oxygens (including phenoxy) is 1. The Hall–Kier alpha value is -4.11. The Morgan fingerprint density at radius 1 is 1.00 bits per heavy atom. The molecule has 0 radical (unpaired) electrons. The summed E-state index contributed by atoms with van der Waals surface area (Å²) in [6.45, 7) is 1.50. The van der Waals surface area contributed by atoms with Crippen LogP contribution in [0.1, 0.15) is 33.2 Å². The quantitative estimate of drug-likeness (QED) is 0.461. The number of amides is 1. The van der Waals surface area contributed by atoms with Crippen molar-refractivity contribution in [1.82, 2.24) is 14.1 Å². The molecular weight excluding hydrogens is 451 g/mol. The van der Waals surface area contributed by atoms with Crippen LogP contribution in [-0.2, 0) is 11.3 Å². The van der Waals surface area contributed by atoms with Crippen molar-refractivity contribution >= 4 is 16.8 Å². The number of aromatic hydroxyl groups is 1. The van der Waals surface area contributed by atoms with E-state index in [1.54, 1.807) is 21.7 Å². The van der Waals surface area contributed by atoms with Crippen molar-refractivity contribution in [1.29, 1.82) is 0 Å². The number of rotatable bonds is 1. The van der Waals surface area contributed by atoms with Crippen LogP contribution >= 0.6 is 0 Å². The Morgan fingerprint density at radius 2 is 1.86 bits per heavy atom. The predicted octanol–water partition coefficient (Wildman–Crippen LogP) is 2.55. The number of carbonyl (C=O) groups excluding carboxylic acids is 1. The van der Waals surface area contributed by atoms with E-state index in [1.165, 1.54) is 18.3 Å². The number of hydrogen-bond acceptors (Lipinski definition) is 5. The molecule has 1 amide bonds. The summed E-state index contributed by atoms with van der Waals surface area (Å²) in [7, 11) is 0. The van der Waals surface area contributed by atoms with Gasteiger partial charge in [-0.3, -0.25) is 19.3 Å². The van der Waals surface area contributed by atoms with Gasteiger partial charge in [0.25, 0.3) is 5.91 Å². The molecule has 176 valence electrons. The third kappa shape index (κ3) is 2.69. The number of benzene rings is 2. The van der Waals surface area contributed by atoms with Gasteiger partial charge in [0, 0.05) is 42.5 Å². The lowest BCUT2D eigenvalue weighted by molar-refractivity contribution is -0.0196. The second-order valence-corrected chi connectivity index (χ2v) is 9.10. The Bertz CT molecular complexity index is 1590. The molecule has 0 spiro atoms. The van der Waals surface area contributed by atoms with E-state index in [4.69, 9.17) is 4.74 Å². The van der Waals surface area contributed by atoms with Gasteiger partial charge in [0.05, 0.1) is 18.7 Å². The van der Waals surface area contributed by atoms with Crippen molar-refractivity contribution in [3.8, 4) is 5.75 Å². The molecule has 1 N–H and O–H groups in total. The average Bonchev–Trinajstić information content (AvgIpc) is 3.24. The van der Waals surface area contributed by atoms with Crippen molar-refractivity contribution in [2.45, 2.75) is 18.8 Å². The lowest BCUT2D eigenvalue weighted by Gasteiger charge is -2.51. The zero-order chi connectivity index (χ0) is 23.8. The highest BCUT2D eigenvalue weighted by atomic mass is 19.1. The molecule has 7 rings (SSSR count). The summed E-state index contributed by atoms with van der Waals surface area (Å²) >= 11 is 0. The van der Waals surface area contributed by atoms with E-state index >= 15 is 0 Å². The molecule has 1 fully saturated rings. The molecule has 0 aliphatic carbocycles. The fourth-order valence-electron chi connectivity index (χ4n) is 5.78. The first kappa shape index (κ1) is 20.3. The number of nitrogens with zero attached hydrogens (tertiary/aromatic N) is 4. The van der Waals surface area contributed by atoms with Gasteiger partial charge in [-0.05, 0) is 23.3 Å². The Balaban J connectivity index is 1.58. The highest BCUT2D eigenvalue weighted by Gasteiger charge is 2.45. The fraction of sp³-hybridized carbons (Fsp3) is 0.231. The Morgan fingerprint density at radius 3 is 2.74 bits per heavy atom. The first-order valence-electron chi connectivity index (χ1n) is 11.5. The van der Waals surface area contributed by atoms with Crippen LogP contribution < -0.4 is 10.4 Å². The van der Waals surface area contributed by atoms with E-state index in [0.29, 0.717) is 25.1 Å². The van der Waals surface area contributed by atoms with E-state index in [-0.39, 0.29) is 18.1 Å². The molecule has 9 heteroatoms. The van der Waals surface area contributed by atoms with Crippen LogP contribution in [0, 0.1) is 5.82 Å². The zero-order valence-electron chi connectivity index (χ0n) is 18.6. The summed E-state index contributed by atoms with van der Waals surface area (Å²) in [4.78, 5) is 27.4. The molecule has 35 heavy (non-hydrogen) atoms. The first-order chi connectivity index (χ1) is 17.0. The largest absolute Gasteiger partial charge is 0.502 e. The minimum atomic E-state index is -0.615. The molecular formula is C26H21FN4O4. The molecule has 2 atom stereocenters. The van der Waals surface area contributed by atoms with Crippen LogP contribution in [0.5, 0.6) is 5.75 Å². The van der Waals surface area contributed by atoms with Gasteiger partial charge in [-0.1, -0.05) is 30.3 Å². The molecule has 3 aliphatic rings. The van der Waals surface area contributed by atoms with Crippen LogP contribution in [0.15, 0.2) is 65.7 Å². The third-order valence-electron chi connectivity index (χ3n) is 7.33. The van der Waals surface area contributed by atoms with Gasteiger partial charge >= 0.3 is 0 Å². The van der Waals surface area contributed by atoms with Crippen LogP contribution in [0.4, 0.5) is 4.39 Å². The van der Waals surface area contributed by atoms with Crippen molar-refractivity contribution < 1.29 is 19.0 Å². The van der Waals surface area contributed by atoms with E-state index in [2.05, 4.69) is 0 Å². The van der Waals surface area contributed by atoms with Crippen LogP contribution in [0.2, 0.25) is 0 Å². The number of carbonyl (C=O) groups is 1. The minimum absolute atomic E-state index is 0.0777. The maximum Gasteiger partial charge on any atom is 0.278 e. The fourth-order valence-corrected chi connectivity index (χ4v) is 5.78. The lowest BCUT2D eigenvalue weighted by atomic mass is 9.93. The summed E-state index contributed by atoms with van der Waals surface area (Å²) in [6, 6.07) is 13.9. The Kier molecular flexibility index (Phi) is 4.17. The number of halogens is 1. The first-order valence-corrected chi connectivity index (χ1v) is 11.5. The maximum atomic E-state index is 14.9. The van der Waals surface area contributed by atoms with Crippen molar-refractivity contribution in [3.05, 3.63) is 99.3 Å². The lowest BCUT2D eigenvalue weighted by Crippen LogP contribution is -2.66. The topological polar surface area (TPSA) is 79.9 Å². The van der Waals surface area contributed by atoms with Crippen LogP contribution in [-0.4, -0.2) is 51.1 Å². The third-order valence-corrected chi connectivity index (χ3v) is 7.33. The van der Waals surface area contributed by atoms with Crippen LogP contribution in [0.25, 0.3) is 10.9 Å². The standard InChI is InChI=1S/C26H21FN4O4/c27-19-6-5-18-22-17(19)7-9-28(22)13-15-3-1-2-4-16(15)23(18)31-21-14-35-12-11-29(21)26(34)24-25(33)20(32)8-10-30(24)31/h1-10,21,23,33H,11-14H2. The normalized spacial score (nSPS) is 20.9. The number of aromatic nitrogens is 2. The smallest absolute Gasteiger partial charge is 0.278 e. The molecule has 5 heterocycles. The molecule has 3 aliphatic heterocycles. The predicted molar refractivity (Wildman–Crippen MR) is 126 cm³/mol. The second-order valence-electron chi connectivity index (χ2n) is 9.10. The van der Waals surface area contributed by atoms with Gasteiger partial charge in [-0.15, -0.1) is 0 Å². The minimum Gasteiger partial charge on any atom is -0.502 e. The van der Waals surface area contributed by atoms with Gasteiger partial charge in [0.2, 0.25) is 5.43 Å². The van der Waals surface area contributed by atoms with Gasteiger partial charge in [-0.25, -0.2) is 4.39 Å². The molecule has 2 aromatic carbocycles. The molecule has 0 saturated carbocycles. The monoisotopic (exact) mass is 472 g/mol. The molecule has 8 nitrogen and oxygen atoms in total. The highest BCUT2D eigenvalue weighted by Crippen LogP contribution is 2.42. The second kappa shape index (κ2) is 7.19. The average molecular weight is 472 g/mol. The summed E-state index contributed by atoms with van der Waals surface area (Å²) < 4.78 is 24.3. The summed E-state index contributed by atoms with van der Waals surface area (Å²) in [5.41, 5.74) is 2.99. The number of pyridine rings is 1. The highest BCUT2D eigenvalue weighted by molar-refractivity contribution is 5.96. The van der Waals surface area contributed by atoms with E-state index in [0.717, 1.165) is 22.2 Å². The summed E-state index contributed by atoms with van der Waals surface area (Å²) in [5.74, 6) is -1.30. The van der Waals surface area contributed by atoms with Gasteiger partial charge in [-0.2, -0.15) is 0 Å².